The maximum atomic E-state index is 12.8. The molecule has 0 aliphatic carbocycles. The van der Waals surface area contributed by atoms with Gasteiger partial charge >= 0.3 is 163 Å². The fourth-order valence-corrected chi connectivity index (χ4v) is 5.88. The molecule has 0 bridgehead atoms. The van der Waals surface area contributed by atoms with Gasteiger partial charge in [-0.2, -0.15) is 0 Å². The molecular weight excluding hydrogens is 429 g/mol. The van der Waals surface area contributed by atoms with Crippen molar-refractivity contribution in [3.8, 4) is 0 Å². The van der Waals surface area contributed by atoms with E-state index in [2.05, 4.69) is 51.1 Å². The second kappa shape index (κ2) is 10.6. The van der Waals surface area contributed by atoms with Gasteiger partial charge < -0.3 is 0 Å². The topological polar surface area (TPSA) is 53.9 Å². The monoisotopic (exact) mass is 460 g/mol. The number of allylic oxidation sites excluding steroid dienone is 1. The molecule has 0 radical (unpaired) electrons. The van der Waals surface area contributed by atoms with Crippen LogP contribution in [0.5, 0.6) is 0 Å². The van der Waals surface area contributed by atoms with E-state index in [0.717, 1.165) is 17.3 Å². The van der Waals surface area contributed by atoms with Crippen LogP contribution >= 0.6 is 0 Å². The van der Waals surface area contributed by atoms with Crippen molar-refractivity contribution in [3.63, 3.8) is 0 Å². The van der Waals surface area contributed by atoms with Crippen molar-refractivity contribution >= 4 is 12.6 Å². The van der Waals surface area contributed by atoms with Crippen LogP contribution in [0.4, 0.5) is 0 Å². The van der Waals surface area contributed by atoms with Crippen molar-refractivity contribution in [3.05, 3.63) is 36.4 Å². The summed E-state index contributed by atoms with van der Waals surface area (Å²) in [7, 11) is 0. The molecule has 1 aliphatic rings. The molecule has 5 nitrogen and oxygen atoms in total. The number of nitrogens with zero attached hydrogens (tertiary/aromatic N) is 2. The number of hydrogen-bond acceptors (Lipinski definition) is 4. The SMILES string of the molecule is C=CN(N=C)/C(OCC(C)C)=C(\C)C(=O)NC1[I-]CC(=C)CC1CC. The Hall–Kier alpha value is -1.31. The molecule has 1 N–H and O–H groups in total. The number of hydrogen-bond donors (Lipinski definition) is 1. The van der Waals surface area contributed by atoms with Gasteiger partial charge in [0.25, 0.3) is 0 Å². The minimum atomic E-state index is -0.124. The molecular formula is C19H31IN3O2-. The Bertz CT molecular complexity index is 535. The average Bonchev–Trinajstić information content (AvgIpc) is 2.59. The summed E-state index contributed by atoms with van der Waals surface area (Å²) in [4.78, 5) is 12.8. The zero-order chi connectivity index (χ0) is 19.0. The van der Waals surface area contributed by atoms with Crippen molar-refractivity contribution in [1.29, 1.82) is 0 Å². The van der Waals surface area contributed by atoms with Crippen LogP contribution in [0, 0.1) is 11.8 Å². The molecule has 6 heteroatoms. The third-order valence-corrected chi connectivity index (χ3v) is 7.74. The Morgan fingerprint density at radius 1 is 1.56 bits per heavy atom. The number of carbonyl (C=O) groups is 1. The Kier molecular flexibility index (Phi) is 9.24. The summed E-state index contributed by atoms with van der Waals surface area (Å²) < 4.78 is 7.18. The van der Waals surface area contributed by atoms with E-state index in [1.165, 1.54) is 16.8 Å². The van der Waals surface area contributed by atoms with Gasteiger partial charge in [0.2, 0.25) is 0 Å². The van der Waals surface area contributed by atoms with Gasteiger partial charge in [0, 0.05) is 0 Å². The number of alkyl halides is 2. The van der Waals surface area contributed by atoms with Gasteiger partial charge in [-0.15, -0.1) is 0 Å². The van der Waals surface area contributed by atoms with Gasteiger partial charge in [-0.05, 0) is 0 Å². The van der Waals surface area contributed by atoms with Gasteiger partial charge in [0.15, 0.2) is 0 Å². The van der Waals surface area contributed by atoms with Crippen LogP contribution < -0.4 is 26.5 Å². The van der Waals surface area contributed by atoms with E-state index in [-0.39, 0.29) is 31.2 Å². The van der Waals surface area contributed by atoms with Crippen LogP contribution in [0.3, 0.4) is 0 Å². The summed E-state index contributed by atoms with van der Waals surface area (Å²) in [6.45, 7) is 19.9. The first kappa shape index (κ1) is 21.7. The van der Waals surface area contributed by atoms with Crippen molar-refractivity contribution in [2.24, 2.45) is 16.9 Å². The van der Waals surface area contributed by atoms with Crippen LogP contribution in [0.2, 0.25) is 0 Å². The molecule has 2 unspecified atom stereocenters. The first-order chi connectivity index (χ1) is 11.8. The zero-order valence-electron chi connectivity index (χ0n) is 15.8. The fraction of sp³-hybridized carbons (Fsp3) is 0.579. The summed E-state index contributed by atoms with van der Waals surface area (Å²) in [5, 5.41) is 8.50. The summed E-state index contributed by atoms with van der Waals surface area (Å²) in [5.41, 5.74) is 1.82. The van der Waals surface area contributed by atoms with Gasteiger partial charge in [0.1, 0.15) is 0 Å². The van der Waals surface area contributed by atoms with Crippen LogP contribution in [0.25, 0.3) is 0 Å². The molecule has 1 aliphatic heterocycles. The predicted molar refractivity (Wildman–Crippen MR) is 99.4 cm³/mol. The molecule has 0 aromatic heterocycles. The standard InChI is InChI=1S/C19H31IN3O2/c1-8-16-10-14(5)11-20-17(16)22-18(24)15(6)19(23(9-2)21-7)25-12-13(3)4/h9,13,16-17H,2,5,7-8,10-12H2,1,3-4,6H3,(H,22,24)/q-1/b19-15-. The quantitative estimate of drug-likeness (QED) is 0.0796. The number of ether oxygens (including phenoxy) is 1. The number of carbonyl (C=O) groups excluding carboxylic acids is 1. The Morgan fingerprint density at radius 3 is 2.76 bits per heavy atom. The van der Waals surface area contributed by atoms with Crippen molar-refractivity contribution in [2.45, 2.75) is 44.6 Å². The molecule has 1 heterocycles. The molecule has 1 saturated heterocycles. The normalized spacial score (nSPS) is 21.7. The zero-order valence-corrected chi connectivity index (χ0v) is 18.0. The molecule has 1 fully saturated rings. The fourth-order valence-electron chi connectivity index (χ4n) is 2.48. The molecule has 0 aromatic carbocycles. The summed E-state index contributed by atoms with van der Waals surface area (Å²) in [6.07, 6.45) is 3.55. The van der Waals surface area contributed by atoms with Crippen molar-refractivity contribution < 1.29 is 30.7 Å². The van der Waals surface area contributed by atoms with Crippen LogP contribution in [0.15, 0.2) is 41.5 Å². The summed E-state index contributed by atoms with van der Waals surface area (Å²) >= 11 is -0.124. The van der Waals surface area contributed by atoms with Crippen molar-refractivity contribution in [2.75, 3.05) is 11.0 Å². The molecule has 2 atom stereocenters. The van der Waals surface area contributed by atoms with E-state index >= 15 is 0 Å². The molecule has 142 valence electrons. The summed E-state index contributed by atoms with van der Waals surface area (Å²) in [6, 6.07) is 0. The number of rotatable bonds is 9. The average molecular weight is 460 g/mol. The van der Waals surface area contributed by atoms with Crippen LogP contribution in [-0.2, 0) is 9.53 Å². The summed E-state index contributed by atoms with van der Waals surface area (Å²) in [5.74, 6) is 1.11. The number of nitrogens with one attached hydrogen (secondary N) is 1. The van der Waals surface area contributed by atoms with E-state index in [0.29, 0.717) is 29.9 Å². The number of amides is 1. The molecule has 1 rings (SSSR count). The number of halogens is 1. The third kappa shape index (κ3) is 6.49. The van der Waals surface area contributed by atoms with Gasteiger partial charge in [0.05, 0.1) is 0 Å². The molecule has 1 amide bonds. The van der Waals surface area contributed by atoms with Gasteiger partial charge in [-0.3, -0.25) is 0 Å². The van der Waals surface area contributed by atoms with E-state index in [1.54, 1.807) is 6.92 Å². The molecule has 25 heavy (non-hydrogen) atoms. The van der Waals surface area contributed by atoms with E-state index in [4.69, 9.17) is 4.74 Å². The second-order valence-corrected chi connectivity index (χ2v) is 9.57. The van der Waals surface area contributed by atoms with Gasteiger partial charge in [-0.1, -0.05) is 0 Å². The first-order valence-electron chi connectivity index (χ1n) is 8.61. The molecule has 0 aromatic rings. The minimum absolute atomic E-state index is 0.107. The van der Waals surface area contributed by atoms with E-state index < -0.39 is 0 Å². The Labute approximate surface area is 162 Å². The van der Waals surface area contributed by atoms with Crippen LogP contribution in [-0.4, -0.2) is 32.7 Å². The predicted octanol–water partition coefficient (Wildman–Crippen LogP) is 0.469. The van der Waals surface area contributed by atoms with Gasteiger partial charge in [-0.25, -0.2) is 0 Å². The van der Waals surface area contributed by atoms with Crippen molar-refractivity contribution in [1.82, 2.24) is 10.3 Å². The first-order valence-corrected chi connectivity index (χ1v) is 11.4. The second-order valence-electron chi connectivity index (χ2n) is 6.59. The Morgan fingerprint density at radius 2 is 2.24 bits per heavy atom. The van der Waals surface area contributed by atoms with E-state index in [1.807, 2.05) is 0 Å². The molecule has 0 spiro atoms. The Balaban J connectivity index is 2.95. The third-order valence-electron chi connectivity index (χ3n) is 3.94. The van der Waals surface area contributed by atoms with Crippen LogP contribution in [0.1, 0.15) is 40.5 Å². The number of hydrazone groups is 1. The van der Waals surface area contributed by atoms with E-state index in [9.17, 15) is 4.79 Å². The molecule has 0 saturated carbocycles. The maximum absolute atomic E-state index is 12.8.